The summed E-state index contributed by atoms with van der Waals surface area (Å²) in [5.74, 6) is -0.438. The Morgan fingerprint density at radius 3 is 2.58 bits per heavy atom. The maximum absolute atomic E-state index is 13.0. The Labute approximate surface area is 74.7 Å². The molecule has 12 heavy (non-hydrogen) atoms. The number of imidazole rings is 1. The number of aromatic amines is 2. The van der Waals surface area contributed by atoms with Gasteiger partial charge in [-0.25, -0.2) is 9.18 Å². The fourth-order valence-electron chi connectivity index (χ4n) is 1.05. The molecule has 0 aliphatic heterocycles. The van der Waals surface area contributed by atoms with E-state index in [9.17, 15) is 9.18 Å². The van der Waals surface area contributed by atoms with Crippen LogP contribution < -0.4 is 5.69 Å². The van der Waals surface area contributed by atoms with Crippen molar-refractivity contribution in [3.8, 4) is 0 Å². The number of hydrogen-bond donors (Lipinski definition) is 2. The smallest absolute Gasteiger partial charge is 0.305 e. The lowest BCUT2D eigenvalue weighted by atomic mass is 10.3. The van der Waals surface area contributed by atoms with Gasteiger partial charge in [0.25, 0.3) is 0 Å². The molecular formula is C7H4BrFN2O. The first-order valence-corrected chi connectivity index (χ1v) is 4.04. The highest BCUT2D eigenvalue weighted by molar-refractivity contribution is 9.10. The van der Waals surface area contributed by atoms with E-state index in [2.05, 4.69) is 25.9 Å². The van der Waals surface area contributed by atoms with Gasteiger partial charge in [0.05, 0.1) is 5.52 Å². The van der Waals surface area contributed by atoms with Gasteiger partial charge in [-0.15, -0.1) is 0 Å². The summed E-state index contributed by atoms with van der Waals surface area (Å²) in [5.41, 5.74) is 0.255. The predicted molar refractivity (Wildman–Crippen MR) is 46.6 cm³/mol. The van der Waals surface area contributed by atoms with Gasteiger partial charge in [0.2, 0.25) is 0 Å². The molecule has 0 fully saturated rings. The van der Waals surface area contributed by atoms with Crippen LogP contribution in [0.3, 0.4) is 0 Å². The SMILES string of the molecule is O=c1[nH]c2c(F)ccc(Br)c2[nH]1. The van der Waals surface area contributed by atoms with Crippen molar-refractivity contribution in [3.63, 3.8) is 0 Å². The monoisotopic (exact) mass is 230 g/mol. The quantitative estimate of drug-likeness (QED) is 0.712. The van der Waals surface area contributed by atoms with Crippen molar-refractivity contribution in [2.45, 2.75) is 0 Å². The lowest BCUT2D eigenvalue weighted by molar-refractivity contribution is 0.637. The van der Waals surface area contributed by atoms with Crippen LogP contribution in [0.5, 0.6) is 0 Å². The highest BCUT2D eigenvalue weighted by Gasteiger charge is 2.06. The Morgan fingerprint density at radius 2 is 1.92 bits per heavy atom. The van der Waals surface area contributed by atoms with Crippen molar-refractivity contribution in [1.29, 1.82) is 0 Å². The lowest BCUT2D eigenvalue weighted by Gasteiger charge is -1.92. The molecule has 0 radical (unpaired) electrons. The van der Waals surface area contributed by atoms with Crippen LogP contribution in [0.2, 0.25) is 0 Å². The molecule has 2 N–H and O–H groups in total. The summed E-state index contributed by atoms with van der Waals surface area (Å²) in [6.07, 6.45) is 0. The number of aromatic nitrogens is 2. The van der Waals surface area contributed by atoms with Crippen LogP contribution in [0.4, 0.5) is 4.39 Å². The molecule has 3 nitrogen and oxygen atoms in total. The first kappa shape index (κ1) is 7.54. The van der Waals surface area contributed by atoms with E-state index in [4.69, 9.17) is 0 Å². The molecule has 0 saturated carbocycles. The molecule has 5 heteroatoms. The van der Waals surface area contributed by atoms with E-state index in [0.717, 1.165) is 0 Å². The van der Waals surface area contributed by atoms with E-state index in [0.29, 0.717) is 9.99 Å². The molecule has 0 atom stereocenters. The predicted octanol–water partition coefficient (Wildman–Crippen LogP) is 1.76. The second kappa shape index (κ2) is 2.45. The molecule has 0 bridgehead atoms. The van der Waals surface area contributed by atoms with E-state index in [-0.39, 0.29) is 5.52 Å². The van der Waals surface area contributed by atoms with Crippen LogP contribution in [-0.2, 0) is 0 Å². The minimum atomic E-state index is -0.438. The normalized spacial score (nSPS) is 10.8. The second-order valence-electron chi connectivity index (χ2n) is 2.36. The molecular weight excluding hydrogens is 227 g/mol. The Bertz CT molecular complexity index is 446. The van der Waals surface area contributed by atoms with Gasteiger partial charge < -0.3 is 9.97 Å². The molecule has 1 aromatic heterocycles. The summed E-state index contributed by atoms with van der Waals surface area (Å²) < 4.78 is 13.6. The first-order chi connectivity index (χ1) is 5.68. The number of hydrogen-bond acceptors (Lipinski definition) is 1. The van der Waals surface area contributed by atoms with Gasteiger partial charge in [-0.2, -0.15) is 0 Å². The Morgan fingerprint density at radius 1 is 1.25 bits per heavy atom. The second-order valence-corrected chi connectivity index (χ2v) is 3.21. The highest BCUT2D eigenvalue weighted by Crippen LogP contribution is 2.21. The molecule has 0 aliphatic rings. The maximum Gasteiger partial charge on any atom is 0.323 e. The summed E-state index contributed by atoms with van der Waals surface area (Å²) in [7, 11) is 0. The molecule has 1 aromatic carbocycles. The fourth-order valence-corrected chi connectivity index (χ4v) is 1.48. The Hall–Kier alpha value is -1.10. The average molecular weight is 231 g/mol. The fraction of sp³-hybridized carbons (Fsp3) is 0. The highest BCUT2D eigenvalue weighted by atomic mass is 79.9. The van der Waals surface area contributed by atoms with Crippen molar-refractivity contribution < 1.29 is 4.39 Å². The number of H-pyrrole nitrogens is 2. The Kier molecular flexibility index (Phi) is 1.54. The van der Waals surface area contributed by atoms with Gasteiger partial charge in [0.1, 0.15) is 11.3 Å². The van der Waals surface area contributed by atoms with E-state index < -0.39 is 11.5 Å². The summed E-state index contributed by atoms with van der Waals surface area (Å²) in [5, 5.41) is 0. The standard InChI is InChI=1S/C7H4BrFN2O/c8-3-1-2-4(9)6-5(3)10-7(12)11-6/h1-2H,(H2,10,11,12). The van der Waals surface area contributed by atoms with Crippen LogP contribution in [0.15, 0.2) is 21.4 Å². The van der Waals surface area contributed by atoms with Crippen LogP contribution in [0, 0.1) is 5.82 Å². The topological polar surface area (TPSA) is 48.6 Å². The van der Waals surface area contributed by atoms with Gasteiger partial charge in [-0.05, 0) is 28.1 Å². The van der Waals surface area contributed by atoms with Gasteiger partial charge in [0, 0.05) is 4.47 Å². The molecule has 0 unspecified atom stereocenters. The molecule has 2 rings (SSSR count). The number of fused-ring (bicyclic) bond motifs is 1. The van der Waals surface area contributed by atoms with Crippen molar-refractivity contribution in [2.24, 2.45) is 0 Å². The molecule has 0 spiro atoms. The largest absolute Gasteiger partial charge is 0.323 e. The van der Waals surface area contributed by atoms with Crippen LogP contribution in [0.1, 0.15) is 0 Å². The van der Waals surface area contributed by atoms with Gasteiger partial charge in [-0.3, -0.25) is 0 Å². The van der Waals surface area contributed by atoms with Gasteiger partial charge >= 0.3 is 5.69 Å². The third-order valence-corrected chi connectivity index (χ3v) is 2.24. The summed E-state index contributed by atoms with van der Waals surface area (Å²) in [4.78, 5) is 15.6. The van der Waals surface area contributed by atoms with Gasteiger partial charge in [-0.1, -0.05) is 0 Å². The first-order valence-electron chi connectivity index (χ1n) is 3.24. The zero-order chi connectivity index (χ0) is 8.72. The lowest BCUT2D eigenvalue weighted by Crippen LogP contribution is -1.99. The molecule has 0 amide bonds. The zero-order valence-electron chi connectivity index (χ0n) is 5.82. The Balaban J connectivity index is 3.03. The summed E-state index contributed by atoms with van der Waals surface area (Å²) in [6, 6.07) is 2.83. The van der Waals surface area contributed by atoms with Crippen molar-refractivity contribution in [1.82, 2.24) is 9.97 Å². The van der Waals surface area contributed by atoms with Crippen molar-refractivity contribution in [3.05, 3.63) is 32.9 Å². The minimum absolute atomic E-state index is 0.203. The van der Waals surface area contributed by atoms with Crippen LogP contribution in [0.25, 0.3) is 11.0 Å². The number of halogens is 2. The average Bonchev–Trinajstić information content (AvgIpc) is 2.41. The van der Waals surface area contributed by atoms with E-state index in [1.165, 1.54) is 6.07 Å². The molecule has 1 heterocycles. The van der Waals surface area contributed by atoms with Crippen LogP contribution >= 0.6 is 15.9 Å². The minimum Gasteiger partial charge on any atom is -0.305 e. The van der Waals surface area contributed by atoms with Crippen molar-refractivity contribution in [2.75, 3.05) is 0 Å². The summed E-state index contributed by atoms with van der Waals surface area (Å²) in [6.45, 7) is 0. The van der Waals surface area contributed by atoms with Gasteiger partial charge in [0.15, 0.2) is 0 Å². The molecule has 62 valence electrons. The zero-order valence-corrected chi connectivity index (χ0v) is 7.40. The van der Waals surface area contributed by atoms with E-state index in [1.54, 1.807) is 6.07 Å². The van der Waals surface area contributed by atoms with Crippen molar-refractivity contribution >= 4 is 27.0 Å². The molecule has 2 aromatic rings. The van der Waals surface area contributed by atoms with E-state index in [1.807, 2.05) is 0 Å². The summed E-state index contributed by atoms with van der Waals surface area (Å²) >= 11 is 3.19. The number of nitrogens with one attached hydrogen (secondary N) is 2. The maximum atomic E-state index is 13.0. The van der Waals surface area contributed by atoms with E-state index >= 15 is 0 Å². The molecule has 0 aliphatic carbocycles. The third-order valence-electron chi connectivity index (χ3n) is 1.58. The molecule has 0 saturated heterocycles. The number of rotatable bonds is 0. The van der Waals surface area contributed by atoms with Crippen LogP contribution in [-0.4, -0.2) is 9.97 Å². The number of benzene rings is 1. The third kappa shape index (κ3) is 0.972.